The van der Waals surface area contributed by atoms with Gasteiger partial charge in [-0.15, -0.1) is 0 Å². The van der Waals surface area contributed by atoms with Crippen molar-refractivity contribution in [2.24, 2.45) is 0 Å². The number of nitrogens with zero attached hydrogens (tertiary/aromatic N) is 2. The molecule has 0 aliphatic carbocycles. The van der Waals surface area contributed by atoms with Crippen molar-refractivity contribution in [3.8, 4) is 22.6 Å². The fourth-order valence-corrected chi connectivity index (χ4v) is 3.95. The molecule has 0 fully saturated rings. The Kier molecular flexibility index (Phi) is 6.45. The molecule has 0 aliphatic heterocycles. The van der Waals surface area contributed by atoms with Crippen molar-refractivity contribution in [3.05, 3.63) is 84.6 Å². The number of aromatic nitrogens is 1. The highest BCUT2D eigenvalue weighted by molar-refractivity contribution is 5.99. The van der Waals surface area contributed by atoms with Crippen LogP contribution < -0.4 is 9.47 Å². The van der Waals surface area contributed by atoms with Gasteiger partial charge in [0.1, 0.15) is 11.5 Å². The summed E-state index contributed by atoms with van der Waals surface area (Å²) in [7, 11) is 1.65. The van der Waals surface area contributed by atoms with Gasteiger partial charge in [0.2, 0.25) is 0 Å². The Morgan fingerprint density at radius 1 is 0.906 bits per heavy atom. The molecule has 0 radical (unpaired) electrons. The molecule has 0 bridgehead atoms. The van der Waals surface area contributed by atoms with Gasteiger partial charge in [0.25, 0.3) is 0 Å². The summed E-state index contributed by atoms with van der Waals surface area (Å²) in [5.74, 6) is 1.33. The first kappa shape index (κ1) is 21.5. The number of ether oxygens (including phenoxy) is 2. The molecule has 5 heteroatoms. The highest BCUT2D eigenvalue weighted by Gasteiger charge is 2.19. The molecule has 0 aliphatic rings. The van der Waals surface area contributed by atoms with E-state index in [1.807, 2.05) is 56.3 Å². The quantitative estimate of drug-likeness (QED) is 0.352. The van der Waals surface area contributed by atoms with E-state index in [9.17, 15) is 4.79 Å². The third kappa shape index (κ3) is 4.33. The van der Waals surface area contributed by atoms with Gasteiger partial charge in [-0.05, 0) is 55.3 Å². The van der Waals surface area contributed by atoms with E-state index in [-0.39, 0.29) is 6.09 Å². The second-order valence-corrected chi connectivity index (χ2v) is 7.57. The van der Waals surface area contributed by atoms with Crippen LogP contribution in [-0.4, -0.2) is 35.8 Å². The van der Waals surface area contributed by atoms with Crippen molar-refractivity contribution < 1.29 is 14.3 Å². The van der Waals surface area contributed by atoms with E-state index in [2.05, 4.69) is 41.1 Å². The summed E-state index contributed by atoms with van der Waals surface area (Å²) in [5.41, 5.74) is 4.18. The molecule has 0 N–H and O–H groups in total. The molecular formula is C27H28N2O3. The predicted octanol–water partition coefficient (Wildman–Crippen LogP) is 6.21. The summed E-state index contributed by atoms with van der Waals surface area (Å²) in [5, 5.41) is 1.04. The largest absolute Gasteiger partial charge is 0.497 e. The highest BCUT2D eigenvalue weighted by atomic mass is 16.6. The Hall–Kier alpha value is -3.73. The zero-order valence-corrected chi connectivity index (χ0v) is 18.7. The minimum Gasteiger partial charge on any atom is -0.497 e. The monoisotopic (exact) mass is 428 g/mol. The Morgan fingerprint density at radius 3 is 2.28 bits per heavy atom. The summed E-state index contributed by atoms with van der Waals surface area (Å²) in [4.78, 5) is 14.4. The number of methoxy groups -OCH3 is 1. The summed E-state index contributed by atoms with van der Waals surface area (Å²) in [6.45, 7) is 5.86. The van der Waals surface area contributed by atoms with Crippen molar-refractivity contribution >= 4 is 17.0 Å². The number of carbonyl (C=O) groups is 1. The number of fused-ring (bicyclic) bond motifs is 1. The van der Waals surface area contributed by atoms with Gasteiger partial charge < -0.3 is 18.9 Å². The van der Waals surface area contributed by atoms with Crippen molar-refractivity contribution in [3.63, 3.8) is 0 Å². The van der Waals surface area contributed by atoms with E-state index >= 15 is 0 Å². The minimum atomic E-state index is -0.340. The molecule has 1 aromatic heterocycles. The second kappa shape index (κ2) is 9.60. The van der Waals surface area contributed by atoms with Crippen LogP contribution in [0.4, 0.5) is 4.79 Å². The number of benzene rings is 3. The van der Waals surface area contributed by atoms with Crippen molar-refractivity contribution in [1.29, 1.82) is 0 Å². The average molecular weight is 429 g/mol. The van der Waals surface area contributed by atoms with Crippen LogP contribution in [0.1, 0.15) is 19.4 Å². The Labute approximate surface area is 188 Å². The number of carbonyl (C=O) groups excluding carboxylic acids is 1. The maximum Gasteiger partial charge on any atom is 0.415 e. The molecule has 0 saturated carbocycles. The zero-order valence-electron chi connectivity index (χ0n) is 18.7. The molecule has 32 heavy (non-hydrogen) atoms. The Bertz CT molecular complexity index is 1190. The van der Waals surface area contributed by atoms with Crippen LogP contribution in [0.15, 0.2) is 79.0 Å². The van der Waals surface area contributed by atoms with E-state index < -0.39 is 0 Å². The second-order valence-electron chi connectivity index (χ2n) is 7.57. The maximum absolute atomic E-state index is 12.7. The van der Waals surface area contributed by atoms with Gasteiger partial charge in [-0.25, -0.2) is 4.79 Å². The lowest BCUT2D eigenvalue weighted by atomic mass is 10.0. The average Bonchev–Trinajstić information content (AvgIpc) is 3.23. The SMILES string of the molecule is CCN(CC)C(=O)Oc1ccc2c(ccn2Cc2ccccc2)c1-c1ccc(OC)cc1. The van der Waals surface area contributed by atoms with Crippen LogP contribution >= 0.6 is 0 Å². The van der Waals surface area contributed by atoms with E-state index in [0.29, 0.717) is 18.8 Å². The van der Waals surface area contributed by atoms with Crippen LogP contribution in [0.2, 0.25) is 0 Å². The molecule has 0 unspecified atom stereocenters. The van der Waals surface area contributed by atoms with Crippen molar-refractivity contribution in [2.45, 2.75) is 20.4 Å². The molecule has 0 spiro atoms. The standard InChI is InChI=1S/C27H28N2O3/c1-4-28(5-2)27(30)32-25-16-15-24-23(26(25)21-11-13-22(31-3)14-12-21)17-18-29(24)19-20-9-7-6-8-10-20/h6-18H,4-5,19H2,1-3H3. The lowest BCUT2D eigenvalue weighted by molar-refractivity contribution is 0.157. The van der Waals surface area contributed by atoms with Gasteiger partial charge in [0.05, 0.1) is 7.11 Å². The lowest BCUT2D eigenvalue weighted by Crippen LogP contribution is -2.33. The normalized spacial score (nSPS) is 10.8. The third-order valence-corrected chi connectivity index (χ3v) is 5.71. The maximum atomic E-state index is 12.7. The molecule has 1 heterocycles. The molecule has 0 atom stereocenters. The smallest absolute Gasteiger partial charge is 0.415 e. The summed E-state index contributed by atoms with van der Waals surface area (Å²) >= 11 is 0. The van der Waals surface area contributed by atoms with Gasteiger partial charge in [0, 0.05) is 42.3 Å². The number of hydrogen-bond acceptors (Lipinski definition) is 3. The van der Waals surface area contributed by atoms with Crippen LogP contribution in [0, 0.1) is 0 Å². The van der Waals surface area contributed by atoms with Gasteiger partial charge in [-0.1, -0.05) is 42.5 Å². The molecule has 164 valence electrons. The topological polar surface area (TPSA) is 43.7 Å². The summed E-state index contributed by atoms with van der Waals surface area (Å²) in [6.07, 6.45) is 1.74. The number of rotatable bonds is 7. The fraction of sp³-hybridized carbons (Fsp3) is 0.222. The van der Waals surface area contributed by atoms with Gasteiger partial charge in [0.15, 0.2) is 0 Å². The number of amides is 1. The van der Waals surface area contributed by atoms with Gasteiger partial charge >= 0.3 is 6.09 Å². The molecule has 4 aromatic rings. The zero-order chi connectivity index (χ0) is 22.5. The molecule has 1 amide bonds. The predicted molar refractivity (Wildman–Crippen MR) is 128 cm³/mol. The summed E-state index contributed by atoms with van der Waals surface area (Å²) < 4.78 is 13.4. The van der Waals surface area contributed by atoms with Crippen molar-refractivity contribution in [2.75, 3.05) is 20.2 Å². The molecule has 5 nitrogen and oxygen atoms in total. The molecular weight excluding hydrogens is 400 g/mol. The van der Waals surface area contributed by atoms with E-state index in [1.165, 1.54) is 5.56 Å². The van der Waals surface area contributed by atoms with Crippen molar-refractivity contribution in [1.82, 2.24) is 9.47 Å². The van der Waals surface area contributed by atoms with Crippen LogP contribution in [0.5, 0.6) is 11.5 Å². The van der Waals surface area contributed by atoms with E-state index in [4.69, 9.17) is 9.47 Å². The fourth-order valence-electron chi connectivity index (χ4n) is 3.95. The highest BCUT2D eigenvalue weighted by Crippen LogP contribution is 2.38. The summed E-state index contributed by atoms with van der Waals surface area (Å²) in [6, 6.07) is 24.2. The van der Waals surface area contributed by atoms with E-state index in [0.717, 1.165) is 34.3 Å². The first-order chi connectivity index (χ1) is 15.6. The minimum absolute atomic E-state index is 0.340. The van der Waals surface area contributed by atoms with Crippen LogP contribution in [-0.2, 0) is 6.54 Å². The van der Waals surface area contributed by atoms with E-state index in [1.54, 1.807) is 12.0 Å². The molecule has 4 rings (SSSR count). The number of hydrogen-bond donors (Lipinski definition) is 0. The molecule has 3 aromatic carbocycles. The first-order valence-corrected chi connectivity index (χ1v) is 10.9. The Balaban J connectivity index is 1.80. The lowest BCUT2D eigenvalue weighted by Gasteiger charge is -2.20. The molecule has 0 saturated heterocycles. The Morgan fingerprint density at radius 2 is 1.62 bits per heavy atom. The van der Waals surface area contributed by atoms with Crippen LogP contribution in [0.25, 0.3) is 22.0 Å². The first-order valence-electron chi connectivity index (χ1n) is 10.9. The third-order valence-electron chi connectivity index (χ3n) is 5.71. The van der Waals surface area contributed by atoms with Gasteiger partial charge in [-0.3, -0.25) is 0 Å². The van der Waals surface area contributed by atoms with Crippen LogP contribution in [0.3, 0.4) is 0 Å². The van der Waals surface area contributed by atoms with Gasteiger partial charge in [-0.2, -0.15) is 0 Å².